The third-order valence-electron chi connectivity index (χ3n) is 4.86. The van der Waals surface area contributed by atoms with Gasteiger partial charge >= 0.3 is 5.97 Å². The molecule has 1 aliphatic heterocycles. The molecule has 1 aliphatic rings. The molecule has 1 unspecified atom stereocenters. The Morgan fingerprint density at radius 2 is 2.26 bits per heavy atom. The zero-order chi connectivity index (χ0) is 16.4. The normalized spacial score (nSPS) is 19.3. The highest BCUT2D eigenvalue weighted by atomic mass is 16.4. The van der Waals surface area contributed by atoms with E-state index in [0.717, 1.165) is 36.4 Å². The summed E-state index contributed by atoms with van der Waals surface area (Å²) in [6.07, 6.45) is 6.90. The second-order valence-electron chi connectivity index (χ2n) is 6.54. The van der Waals surface area contributed by atoms with E-state index in [9.17, 15) is 9.90 Å². The highest BCUT2D eigenvalue weighted by Crippen LogP contribution is 2.24. The fourth-order valence-corrected chi connectivity index (χ4v) is 3.62. The predicted molar refractivity (Wildman–Crippen MR) is 89.6 cm³/mol. The summed E-state index contributed by atoms with van der Waals surface area (Å²) in [6, 6.07) is 4.66. The van der Waals surface area contributed by atoms with E-state index in [-0.39, 0.29) is 6.42 Å². The van der Waals surface area contributed by atoms with Gasteiger partial charge < -0.3 is 9.51 Å². The first kappa shape index (κ1) is 16.0. The van der Waals surface area contributed by atoms with E-state index in [1.807, 2.05) is 19.2 Å². The Kier molecular flexibility index (Phi) is 4.66. The SMILES string of the molecule is CCC1CCCCN1Cc1c(CC(=O)O)nc2cc(C)ccn12. The molecule has 1 fully saturated rings. The van der Waals surface area contributed by atoms with E-state index in [1.165, 1.54) is 19.3 Å². The Hall–Kier alpha value is -1.88. The van der Waals surface area contributed by atoms with Crippen molar-refractivity contribution in [3.63, 3.8) is 0 Å². The maximum Gasteiger partial charge on any atom is 0.309 e. The van der Waals surface area contributed by atoms with Crippen molar-refractivity contribution in [3.8, 4) is 0 Å². The summed E-state index contributed by atoms with van der Waals surface area (Å²) < 4.78 is 2.06. The van der Waals surface area contributed by atoms with Gasteiger partial charge in [-0.05, 0) is 50.4 Å². The number of carboxylic acids is 1. The number of hydrogen-bond donors (Lipinski definition) is 1. The molecule has 0 bridgehead atoms. The minimum atomic E-state index is -0.822. The zero-order valence-electron chi connectivity index (χ0n) is 14.0. The number of pyridine rings is 1. The fourth-order valence-electron chi connectivity index (χ4n) is 3.62. The van der Waals surface area contributed by atoms with Crippen LogP contribution in [0.2, 0.25) is 0 Å². The summed E-state index contributed by atoms with van der Waals surface area (Å²) >= 11 is 0. The van der Waals surface area contributed by atoms with Crippen LogP contribution >= 0.6 is 0 Å². The van der Waals surface area contributed by atoms with Crippen LogP contribution in [0.4, 0.5) is 0 Å². The summed E-state index contributed by atoms with van der Waals surface area (Å²) in [5.74, 6) is -0.822. The number of imidazole rings is 1. The number of rotatable bonds is 5. The Morgan fingerprint density at radius 3 is 3.00 bits per heavy atom. The monoisotopic (exact) mass is 315 g/mol. The molecule has 2 aromatic rings. The number of aromatic nitrogens is 2. The summed E-state index contributed by atoms with van der Waals surface area (Å²) in [5, 5.41) is 9.21. The average molecular weight is 315 g/mol. The highest BCUT2D eigenvalue weighted by molar-refractivity contribution is 5.70. The number of likely N-dealkylation sites (tertiary alicyclic amines) is 1. The minimum absolute atomic E-state index is 0.0132. The summed E-state index contributed by atoms with van der Waals surface area (Å²) in [5.41, 5.74) is 3.72. The highest BCUT2D eigenvalue weighted by Gasteiger charge is 2.24. The van der Waals surface area contributed by atoms with Gasteiger partial charge in [-0.15, -0.1) is 0 Å². The molecule has 1 saturated heterocycles. The van der Waals surface area contributed by atoms with E-state index in [1.54, 1.807) is 0 Å². The molecular formula is C18H25N3O2. The third-order valence-corrected chi connectivity index (χ3v) is 4.86. The van der Waals surface area contributed by atoms with Gasteiger partial charge in [0.25, 0.3) is 0 Å². The molecule has 124 valence electrons. The van der Waals surface area contributed by atoms with E-state index < -0.39 is 5.97 Å². The number of nitrogens with zero attached hydrogens (tertiary/aromatic N) is 3. The number of piperidine rings is 1. The van der Waals surface area contributed by atoms with Crippen LogP contribution in [0.15, 0.2) is 18.3 Å². The van der Waals surface area contributed by atoms with Gasteiger partial charge in [0.1, 0.15) is 5.65 Å². The Labute approximate surface area is 136 Å². The molecule has 1 N–H and O–H groups in total. The zero-order valence-corrected chi connectivity index (χ0v) is 14.0. The molecule has 3 rings (SSSR count). The number of fused-ring (bicyclic) bond motifs is 1. The minimum Gasteiger partial charge on any atom is -0.481 e. The van der Waals surface area contributed by atoms with Gasteiger partial charge in [-0.3, -0.25) is 9.69 Å². The van der Waals surface area contributed by atoms with E-state index >= 15 is 0 Å². The molecule has 0 amide bonds. The molecule has 5 nitrogen and oxygen atoms in total. The van der Waals surface area contributed by atoms with Gasteiger partial charge in [-0.1, -0.05) is 13.3 Å². The lowest BCUT2D eigenvalue weighted by Gasteiger charge is -2.35. The largest absolute Gasteiger partial charge is 0.481 e. The average Bonchev–Trinajstić information content (AvgIpc) is 2.83. The molecule has 0 spiro atoms. The van der Waals surface area contributed by atoms with Crippen LogP contribution in [0.5, 0.6) is 0 Å². The van der Waals surface area contributed by atoms with Crippen LogP contribution in [0, 0.1) is 6.92 Å². The van der Waals surface area contributed by atoms with Crippen molar-refractivity contribution in [2.24, 2.45) is 0 Å². The lowest BCUT2D eigenvalue weighted by Crippen LogP contribution is -2.39. The molecule has 0 saturated carbocycles. The van der Waals surface area contributed by atoms with Crippen LogP contribution in [0.3, 0.4) is 0 Å². The molecule has 5 heteroatoms. The van der Waals surface area contributed by atoms with Gasteiger partial charge in [0, 0.05) is 18.8 Å². The molecule has 0 aliphatic carbocycles. The van der Waals surface area contributed by atoms with E-state index in [4.69, 9.17) is 0 Å². The van der Waals surface area contributed by atoms with Gasteiger partial charge in [0.15, 0.2) is 0 Å². The summed E-state index contributed by atoms with van der Waals surface area (Å²) in [7, 11) is 0. The van der Waals surface area contributed by atoms with E-state index in [2.05, 4.69) is 27.3 Å². The topological polar surface area (TPSA) is 57.8 Å². The van der Waals surface area contributed by atoms with Crippen molar-refractivity contribution in [3.05, 3.63) is 35.3 Å². The maximum absolute atomic E-state index is 11.2. The maximum atomic E-state index is 11.2. The first-order chi connectivity index (χ1) is 11.1. The van der Waals surface area contributed by atoms with Gasteiger partial charge in [-0.2, -0.15) is 0 Å². The van der Waals surface area contributed by atoms with Crippen molar-refractivity contribution >= 4 is 11.6 Å². The second kappa shape index (κ2) is 6.71. The first-order valence-electron chi connectivity index (χ1n) is 8.50. The standard InChI is InChI=1S/C18H25N3O2/c1-3-14-6-4-5-8-20(14)12-16-15(11-18(22)23)19-17-10-13(2)7-9-21(16)17/h7,9-10,14H,3-6,8,11-12H2,1-2H3,(H,22,23). The lowest BCUT2D eigenvalue weighted by atomic mass is 9.99. The number of carboxylic acid groups (broad SMARTS) is 1. The van der Waals surface area contributed by atoms with E-state index in [0.29, 0.717) is 11.7 Å². The van der Waals surface area contributed by atoms with Crippen molar-refractivity contribution < 1.29 is 9.90 Å². The molecule has 23 heavy (non-hydrogen) atoms. The predicted octanol–water partition coefficient (Wildman–Crippen LogP) is 3.03. The number of aliphatic carboxylic acids is 1. The number of carbonyl (C=O) groups is 1. The van der Waals surface area contributed by atoms with Gasteiger partial charge in [0.05, 0.1) is 17.8 Å². The van der Waals surface area contributed by atoms with Crippen LogP contribution in [0.25, 0.3) is 5.65 Å². The van der Waals surface area contributed by atoms with Crippen LogP contribution < -0.4 is 0 Å². The summed E-state index contributed by atoms with van der Waals surface area (Å²) in [4.78, 5) is 18.3. The molecule has 1 atom stereocenters. The van der Waals surface area contributed by atoms with Crippen LogP contribution in [-0.2, 0) is 17.8 Å². The molecule has 0 aromatic carbocycles. The number of aryl methyl sites for hydroxylation is 1. The Morgan fingerprint density at radius 1 is 1.43 bits per heavy atom. The van der Waals surface area contributed by atoms with Gasteiger partial charge in [-0.25, -0.2) is 4.98 Å². The van der Waals surface area contributed by atoms with Crippen molar-refractivity contribution in [1.82, 2.24) is 14.3 Å². The fraction of sp³-hybridized carbons (Fsp3) is 0.556. The van der Waals surface area contributed by atoms with Crippen molar-refractivity contribution in [1.29, 1.82) is 0 Å². The quantitative estimate of drug-likeness (QED) is 0.921. The molecule has 3 heterocycles. The first-order valence-corrected chi connectivity index (χ1v) is 8.50. The molecule has 0 radical (unpaired) electrons. The lowest BCUT2D eigenvalue weighted by molar-refractivity contribution is -0.136. The molecular weight excluding hydrogens is 290 g/mol. The van der Waals surface area contributed by atoms with Crippen molar-refractivity contribution in [2.75, 3.05) is 6.54 Å². The smallest absolute Gasteiger partial charge is 0.309 e. The Bertz CT molecular complexity index is 708. The third kappa shape index (κ3) is 3.39. The van der Waals surface area contributed by atoms with Crippen LogP contribution in [0.1, 0.15) is 49.6 Å². The summed E-state index contributed by atoms with van der Waals surface area (Å²) in [6.45, 7) is 6.14. The van der Waals surface area contributed by atoms with Crippen LogP contribution in [-0.4, -0.2) is 37.9 Å². The van der Waals surface area contributed by atoms with Gasteiger partial charge in [0.2, 0.25) is 0 Å². The Balaban J connectivity index is 1.98. The number of hydrogen-bond acceptors (Lipinski definition) is 3. The molecule has 2 aromatic heterocycles. The second-order valence-corrected chi connectivity index (χ2v) is 6.54. The van der Waals surface area contributed by atoms with Crippen molar-refractivity contribution in [2.45, 2.75) is 58.5 Å².